The minimum absolute atomic E-state index is 0.0179. The lowest BCUT2D eigenvalue weighted by Gasteiger charge is -2.05. The Kier molecular flexibility index (Phi) is 4.37. The molecular weight excluding hydrogens is 268 g/mol. The van der Waals surface area contributed by atoms with E-state index in [0.717, 1.165) is 18.8 Å². The molecule has 0 heterocycles. The van der Waals surface area contributed by atoms with Gasteiger partial charge in [0.15, 0.2) is 0 Å². The van der Waals surface area contributed by atoms with Crippen molar-refractivity contribution in [1.82, 2.24) is 5.32 Å². The van der Waals surface area contributed by atoms with E-state index in [1.165, 1.54) is 31.0 Å². The smallest absolute Gasteiger partial charge is 0.287 e. The van der Waals surface area contributed by atoms with Gasteiger partial charge in [0, 0.05) is 18.2 Å². The second-order valence-electron chi connectivity index (χ2n) is 4.76. The van der Waals surface area contributed by atoms with Gasteiger partial charge in [-0.2, -0.15) is 0 Å². The predicted molar refractivity (Wildman–Crippen MR) is 72.4 cm³/mol. The number of nitrogens with zero attached hydrogens (tertiary/aromatic N) is 1. The van der Waals surface area contributed by atoms with Crippen LogP contribution in [-0.4, -0.2) is 17.4 Å². The summed E-state index contributed by atoms with van der Waals surface area (Å²) in [5.74, 6) is 0.610. The Labute approximate surface area is 116 Å². The standard InChI is InChI=1S/C13H15ClN2O3/c14-11-8-10(5-6-12(11)16(18)19)13(17)15-7-1-2-9-3-4-9/h5-6,8-9H,1-4,7H2,(H,15,17). The van der Waals surface area contributed by atoms with Crippen LogP contribution in [0, 0.1) is 16.0 Å². The number of carbonyl (C=O) groups is 1. The first-order chi connectivity index (χ1) is 9.08. The molecule has 0 spiro atoms. The summed E-state index contributed by atoms with van der Waals surface area (Å²) in [5.41, 5.74) is 0.161. The molecule has 0 saturated heterocycles. The number of nitro benzene ring substituents is 1. The van der Waals surface area contributed by atoms with Crippen molar-refractivity contribution < 1.29 is 9.72 Å². The number of hydrogen-bond donors (Lipinski definition) is 1. The molecule has 6 heteroatoms. The fraction of sp³-hybridized carbons (Fsp3) is 0.462. The van der Waals surface area contributed by atoms with Gasteiger partial charge in [0.2, 0.25) is 0 Å². The van der Waals surface area contributed by atoms with E-state index in [-0.39, 0.29) is 16.6 Å². The van der Waals surface area contributed by atoms with Crippen LogP contribution in [0.1, 0.15) is 36.0 Å². The zero-order valence-corrected chi connectivity index (χ0v) is 11.2. The molecule has 1 aromatic rings. The molecule has 1 N–H and O–H groups in total. The first-order valence-corrected chi connectivity index (χ1v) is 6.68. The van der Waals surface area contributed by atoms with E-state index in [4.69, 9.17) is 11.6 Å². The Bertz CT molecular complexity index is 501. The lowest BCUT2D eigenvalue weighted by Crippen LogP contribution is -2.24. The summed E-state index contributed by atoms with van der Waals surface area (Å²) in [6, 6.07) is 4.00. The molecule has 1 amide bonds. The van der Waals surface area contributed by atoms with Crippen LogP contribution in [-0.2, 0) is 0 Å². The lowest BCUT2D eigenvalue weighted by atomic mass is 10.2. The van der Waals surface area contributed by atoms with Crippen molar-refractivity contribution in [2.24, 2.45) is 5.92 Å². The normalized spacial score (nSPS) is 14.2. The van der Waals surface area contributed by atoms with Crippen LogP contribution in [0.2, 0.25) is 5.02 Å². The van der Waals surface area contributed by atoms with Gasteiger partial charge in [-0.3, -0.25) is 14.9 Å². The quantitative estimate of drug-likeness (QED) is 0.495. The van der Waals surface area contributed by atoms with Crippen molar-refractivity contribution >= 4 is 23.2 Å². The second-order valence-corrected chi connectivity index (χ2v) is 5.17. The van der Waals surface area contributed by atoms with Crippen molar-refractivity contribution in [3.8, 4) is 0 Å². The first kappa shape index (κ1) is 13.8. The maximum atomic E-state index is 11.8. The Hall–Kier alpha value is -1.62. The first-order valence-electron chi connectivity index (χ1n) is 6.30. The number of carbonyl (C=O) groups excluding carboxylic acids is 1. The van der Waals surface area contributed by atoms with E-state index >= 15 is 0 Å². The number of halogens is 1. The average Bonchev–Trinajstić information content (AvgIpc) is 3.17. The monoisotopic (exact) mass is 282 g/mol. The molecule has 0 aromatic heterocycles. The van der Waals surface area contributed by atoms with E-state index in [9.17, 15) is 14.9 Å². The summed E-state index contributed by atoms with van der Waals surface area (Å²) in [6.07, 6.45) is 4.75. The van der Waals surface area contributed by atoms with Crippen molar-refractivity contribution in [1.29, 1.82) is 0 Å². The number of benzene rings is 1. The van der Waals surface area contributed by atoms with Gasteiger partial charge in [-0.25, -0.2) is 0 Å². The summed E-state index contributed by atoms with van der Waals surface area (Å²) in [4.78, 5) is 21.8. The molecule has 1 aliphatic carbocycles. The maximum absolute atomic E-state index is 11.8. The zero-order chi connectivity index (χ0) is 13.8. The summed E-state index contributed by atoms with van der Waals surface area (Å²) in [5, 5.41) is 13.4. The number of hydrogen-bond acceptors (Lipinski definition) is 3. The van der Waals surface area contributed by atoms with Crippen LogP contribution in [0.4, 0.5) is 5.69 Å². The third-order valence-electron chi connectivity index (χ3n) is 3.18. The van der Waals surface area contributed by atoms with Crippen LogP contribution in [0.25, 0.3) is 0 Å². The molecule has 0 radical (unpaired) electrons. The molecule has 1 aliphatic rings. The van der Waals surface area contributed by atoms with E-state index < -0.39 is 4.92 Å². The van der Waals surface area contributed by atoms with Gasteiger partial charge in [0.1, 0.15) is 5.02 Å². The molecule has 0 aliphatic heterocycles. The fourth-order valence-electron chi connectivity index (χ4n) is 1.90. The SMILES string of the molecule is O=C(NCCCC1CC1)c1ccc([N+](=O)[O-])c(Cl)c1. The van der Waals surface area contributed by atoms with Crippen LogP contribution >= 0.6 is 11.6 Å². The highest BCUT2D eigenvalue weighted by Crippen LogP contribution is 2.33. The van der Waals surface area contributed by atoms with Crippen molar-refractivity contribution in [2.75, 3.05) is 6.54 Å². The molecule has 5 nitrogen and oxygen atoms in total. The van der Waals surface area contributed by atoms with Crippen molar-refractivity contribution in [3.63, 3.8) is 0 Å². The van der Waals surface area contributed by atoms with Gasteiger partial charge in [-0.15, -0.1) is 0 Å². The van der Waals surface area contributed by atoms with Crippen LogP contribution < -0.4 is 5.32 Å². The summed E-state index contributed by atoms with van der Waals surface area (Å²) in [6.45, 7) is 0.629. The minimum Gasteiger partial charge on any atom is -0.352 e. The molecule has 0 unspecified atom stereocenters. The highest BCUT2D eigenvalue weighted by Gasteiger charge is 2.20. The molecule has 1 aromatic carbocycles. The van der Waals surface area contributed by atoms with E-state index in [2.05, 4.69) is 5.32 Å². The van der Waals surface area contributed by atoms with Gasteiger partial charge in [0.25, 0.3) is 11.6 Å². The number of amides is 1. The minimum atomic E-state index is -0.570. The molecule has 19 heavy (non-hydrogen) atoms. The molecule has 102 valence electrons. The average molecular weight is 283 g/mol. The molecule has 0 bridgehead atoms. The van der Waals surface area contributed by atoms with E-state index in [0.29, 0.717) is 12.1 Å². The topological polar surface area (TPSA) is 72.2 Å². The Balaban J connectivity index is 1.87. The largest absolute Gasteiger partial charge is 0.352 e. The number of rotatable bonds is 6. The Morgan fingerprint density at radius 3 is 2.79 bits per heavy atom. The van der Waals surface area contributed by atoms with Crippen molar-refractivity contribution in [3.05, 3.63) is 38.9 Å². The Morgan fingerprint density at radius 2 is 2.21 bits per heavy atom. The van der Waals surface area contributed by atoms with Crippen molar-refractivity contribution in [2.45, 2.75) is 25.7 Å². The molecule has 2 rings (SSSR count). The number of nitrogens with one attached hydrogen (secondary N) is 1. The highest BCUT2D eigenvalue weighted by molar-refractivity contribution is 6.33. The van der Waals surface area contributed by atoms with Gasteiger partial charge < -0.3 is 5.32 Å². The summed E-state index contributed by atoms with van der Waals surface area (Å²) in [7, 11) is 0. The third kappa shape index (κ3) is 3.92. The predicted octanol–water partition coefficient (Wildman–Crippen LogP) is 3.17. The van der Waals surface area contributed by atoms with Gasteiger partial charge in [0.05, 0.1) is 4.92 Å². The molecule has 0 atom stereocenters. The van der Waals surface area contributed by atoms with Crippen LogP contribution in [0.5, 0.6) is 0 Å². The maximum Gasteiger partial charge on any atom is 0.287 e. The van der Waals surface area contributed by atoms with Crippen LogP contribution in [0.15, 0.2) is 18.2 Å². The van der Waals surface area contributed by atoms with Gasteiger partial charge in [-0.05, 0) is 30.9 Å². The summed E-state index contributed by atoms with van der Waals surface area (Å²) >= 11 is 5.76. The van der Waals surface area contributed by atoms with E-state index in [1.807, 2.05) is 0 Å². The molecular formula is C13H15ClN2O3. The highest BCUT2D eigenvalue weighted by atomic mass is 35.5. The second kappa shape index (κ2) is 6.02. The Morgan fingerprint density at radius 1 is 1.47 bits per heavy atom. The third-order valence-corrected chi connectivity index (χ3v) is 3.48. The fourth-order valence-corrected chi connectivity index (χ4v) is 2.15. The van der Waals surface area contributed by atoms with E-state index in [1.54, 1.807) is 0 Å². The van der Waals surface area contributed by atoms with Crippen LogP contribution in [0.3, 0.4) is 0 Å². The van der Waals surface area contributed by atoms with Gasteiger partial charge in [-0.1, -0.05) is 24.4 Å². The molecule has 1 saturated carbocycles. The zero-order valence-electron chi connectivity index (χ0n) is 10.4. The lowest BCUT2D eigenvalue weighted by molar-refractivity contribution is -0.384. The number of nitro groups is 1. The molecule has 1 fully saturated rings. The summed E-state index contributed by atoms with van der Waals surface area (Å²) < 4.78 is 0. The van der Waals surface area contributed by atoms with Gasteiger partial charge >= 0.3 is 0 Å².